The Morgan fingerprint density at radius 3 is 2.50 bits per heavy atom. The largest absolute Gasteiger partial charge is 0.302 e. The SMILES string of the molecule is CCCCCN1CC2(CCN(Cc3ccccc3)C2)C1. The molecule has 0 N–H and O–H groups in total. The second-order valence-corrected chi connectivity index (χ2v) is 6.86. The maximum absolute atomic E-state index is 2.67. The molecule has 2 heteroatoms. The quantitative estimate of drug-likeness (QED) is 0.733. The van der Waals surface area contributed by atoms with Gasteiger partial charge in [-0.3, -0.25) is 4.90 Å². The lowest BCUT2D eigenvalue weighted by atomic mass is 9.79. The predicted octanol–water partition coefficient (Wildman–Crippen LogP) is 3.38. The Morgan fingerprint density at radius 2 is 1.75 bits per heavy atom. The number of likely N-dealkylation sites (tertiary alicyclic amines) is 2. The van der Waals surface area contributed by atoms with Crippen LogP contribution in [0.5, 0.6) is 0 Å². The minimum atomic E-state index is 0.640. The fourth-order valence-electron chi connectivity index (χ4n) is 3.91. The van der Waals surface area contributed by atoms with Crippen LogP contribution < -0.4 is 0 Å². The maximum Gasteiger partial charge on any atom is 0.0233 e. The first kappa shape index (κ1) is 14.1. The minimum absolute atomic E-state index is 0.640. The van der Waals surface area contributed by atoms with E-state index in [9.17, 15) is 0 Å². The summed E-state index contributed by atoms with van der Waals surface area (Å²) in [6.07, 6.45) is 5.53. The number of nitrogens with zero attached hydrogens (tertiary/aromatic N) is 2. The van der Waals surface area contributed by atoms with Crippen molar-refractivity contribution in [2.24, 2.45) is 5.41 Å². The molecule has 0 aliphatic carbocycles. The van der Waals surface area contributed by atoms with Crippen LogP contribution in [0.15, 0.2) is 30.3 Å². The Morgan fingerprint density at radius 1 is 1.00 bits per heavy atom. The monoisotopic (exact) mass is 272 g/mol. The molecule has 2 saturated heterocycles. The van der Waals surface area contributed by atoms with Crippen LogP contribution in [0, 0.1) is 5.41 Å². The molecule has 1 aromatic rings. The van der Waals surface area contributed by atoms with E-state index in [0.717, 1.165) is 6.54 Å². The van der Waals surface area contributed by atoms with Gasteiger partial charge in [-0.05, 0) is 31.5 Å². The van der Waals surface area contributed by atoms with Crippen molar-refractivity contribution < 1.29 is 0 Å². The third-order valence-corrected chi connectivity index (χ3v) is 4.96. The number of unbranched alkanes of at least 4 members (excludes halogenated alkanes) is 2. The van der Waals surface area contributed by atoms with Crippen molar-refractivity contribution in [3.8, 4) is 0 Å². The highest BCUT2D eigenvalue weighted by molar-refractivity contribution is 5.15. The summed E-state index contributed by atoms with van der Waals surface area (Å²) >= 11 is 0. The van der Waals surface area contributed by atoms with Gasteiger partial charge in [0.05, 0.1) is 0 Å². The zero-order chi connectivity index (χ0) is 13.8. The van der Waals surface area contributed by atoms with E-state index in [-0.39, 0.29) is 0 Å². The lowest BCUT2D eigenvalue weighted by Crippen LogP contribution is -2.57. The van der Waals surface area contributed by atoms with E-state index in [2.05, 4.69) is 47.1 Å². The highest BCUT2D eigenvalue weighted by Crippen LogP contribution is 2.39. The summed E-state index contributed by atoms with van der Waals surface area (Å²) in [5.41, 5.74) is 2.10. The molecule has 0 atom stereocenters. The van der Waals surface area contributed by atoms with Crippen LogP contribution in [0.2, 0.25) is 0 Å². The van der Waals surface area contributed by atoms with Gasteiger partial charge in [-0.25, -0.2) is 0 Å². The second kappa shape index (κ2) is 6.28. The van der Waals surface area contributed by atoms with Crippen LogP contribution in [-0.4, -0.2) is 42.5 Å². The zero-order valence-electron chi connectivity index (χ0n) is 12.9. The van der Waals surface area contributed by atoms with Crippen LogP contribution in [0.3, 0.4) is 0 Å². The number of rotatable bonds is 6. The number of hydrogen-bond acceptors (Lipinski definition) is 2. The molecule has 2 aliphatic rings. The Kier molecular flexibility index (Phi) is 4.42. The molecule has 2 fully saturated rings. The van der Waals surface area contributed by atoms with Gasteiger partial charge in [0.15, 0.2) is 0 Å². The summed E-state index contributed by atoms with van der Waals surface area (Å²) < 4.78 is 0. The van der Waals surface area contributed by atoms with Crippen molar-refractivity contribution in [1.82, 2.24) is 9.80 Å². The third kappa shape index (κ3) is 3.24. The van der Waals surface area contributed by atoms with Crippen molar-refractivity contribution in [1.29, 1.82) is 0 Å². The molecule has 2 aliphatic heterocycles. The molecule has 1 aromatic carbocycles. The van der Waals surface area contributed by atoms with Crippen molar-refractivity contribution in [2.75, 3.05) is 32.7 Å². The van der Waals surface area contributed by atoms with Gasteiger partial charge >= 0.3 is 0 Å². The van der Waals surface area contributed by atoms with Gasteiger partial charge in [-0.2, -0.15) is 0 Å². The van der Waals surface area contributed by atoms with Gasteiger partial charge in [-0.1, -0.05) is 50.1 Å². The van der Waals surface area contributed by atoms with Crippen molar-refractivity contribution >= 4 is 0 Å². The van der Waals surface area contributed by atoms with E-state index in [4.69, 9.17) is 0 Å². The molecule has 3 rings (SSSR count). The first-order valence-corrected chi connectivity index (χ1v) is 8.28. The normalized spacial score (nSPS) is 22.2. The molecule has 1 spiro atoms. The summed E-state index contributed by atoms with van der Waals surface area (Å²) in [5, 5.41) is 0. The summed E-state index contributed by atoms with van der Waals surface area (Å²) in [7, 11) is 0. The summed E-state index contributed by atoms with van der Waals surface area (Å²) in [4.78, 5) is 5.32. The van der Waals surface area contributed by atoms with Crippen molar-refractivity contribution in [3.05, 3.63) is 35.9 Å². The average Bonchev–Trinajstić information content (AvgIpc) is 2.84. The number of benzene rings is 1. The molecule has 20 heavy (non-hydrogen) atoms. The zero-order valence-corrected chi connectivity index (χ0v) is 12.9. The molecule has 0 bridgehead atoms. The third-order valence-electron chi connectivity index (χ3n) is 4.96. The lowest BCUT2D eigenvalue weighted by Gasteiger charge is -2.48. The van der Waals surface area contributed by atoms with E-state index < -0.39 is 0 Å². The van der Waals surface area contributed by atoms with Gasteiger partial charge in [0.1, 0.15) is 0 Å². The van der Waals surface area contributed by atoms with E-state index in [1.165, 1.54) is 64.0 Å². The van der Waals surface area contributed by atoms with E-state index >= 15 is 0 Å². The molecule has 0 aromatic heterocycles. The molecule has 2 heterocycles. The first-order chi connectivity index (χ1) is 9.80. The van der Waals surface area contributed by atoms with Crippen molar-refractivity contribution in [2.45, 2.75) is 39.2 Å². The van der Waals surface area contributed by atoms with Crippen LogP contribution >= 0.6 is 0 Å². The lowest BCUT2D eigenvalue weighted by molar-refractivity contribution is 0.00702. The van der Waals surface area contributed by atoms with Gasteiger partial charge in [0.2, 0.25) is 0 Å². The van der Waals surface area contributed by atoms with Crippen molar-refractivity contribution in [3.63, 3.8) is 0 Å². The summed E-state index contributed by atoms with van der Waals surface area (Å²) in [5.74, 6) is 0. The Labute approximate surface area is 123 Å². The fourth-order valence-corrected chi connectivity index (χ4v) is 3.91. The highest BCUT2D eigenvalue weighted by Gasteiger charge is 2.46. The molecule has 0 saturated carbocycles. The maximum atomic E-state index is 2.67. The van der Waals surface area contributed by atoms with Crippen LogP contribution in [-0.2, 0) is 6.54 Å². The molecule has 0 amide bonds. The smallest absolute Gasteiger partial charge is 0.0233 e. The van der Waals surface area contributed by atoms with E-state index in [0.29, 0.717) is 5.41 Å². The molecule has 110 valence electrons. The average molecular weight is 272 g/mol. The first-order valence-electron chi connectivity index (χ1n) is 8.28. The van der Waals surface area contributed by atoms with E-state index in [1.54, 1.807) is 0 Å². The summed E-state index contributed by atoms with van der Waals surface area (Å²) in [6, 6.07) is 10.9. The van der Waals surface area contributed by atoms with Gasteiger partial charge < -0.3 is 4.90 Å². The predicted molar refractivity (Wildman–Crippen MR) is 84.7 cm³/mol. The summed E-state index contributed by atoms with van der Waals surface area (Å²) in [6.45, 7) is 10.1. The fraction of sp³-hybridized carbons (Fsp3) is 0.667. The highest BCUT2D eigenvalue weighted by atomic mass is 15.3. The Hall–Kier alpha value is -0.860. The van der Waals surface area contributed by atoms with Crippen LogP contribution in [0.1, 0.15) is 38.2 Å². The Balaban J connectivity index is 1.42. The minimum Gasteiger partial charge on any atom is -0.302 e. The molecular weight excluding hydrogens is 244 g/mol. The van der Waals surface area contributed by atoms with Crippen LogP contribution in [0.25, 0.3) is 0 Å². The Bertz CT molecular complexity index is 409. The molecular formula is C18H28N2. The molecule has 0 unspecified atom stereocenters. The second-order valence-electron chi connectivity index (χ2n) is 6.86. The molecule has 0 radical (unpaired) electrons. The van der Waals surface area contributed by atoms with Crippen LogP contribution in [0.4, 0.5) is 0 Å². The standard InChI is InChI=1S/C18H28N2/c1-2-3-7-11-20-15-18(16-20)10-12-19(14-18)13-17-8-5-4-6-9-17/h4-6,8-9H,2-3,7,10-16H2,1H3. The topological polar surface area (TPSA) is 6.48 Å². The van der Waals surface area contributed by atoms with Gasteiger partial charge in [0.25, 0.3) is 0 Å². The van der Waals surface area contributed by atoms with E-state index in [1.807, 2.05) is 0 Å². The molecule has 2 nitrogen and oxygen atoms in total. The number of hydrogen-bond donors (Lipinski definition) is 0. The van der Waals surface area contributed by atoms with Gasteiger partial charge in [-0.15, -0.1) is 0 Å². The van der Waals surface area contributed by atoms with Gasteiger partial charge in [0, 0.05) is 31.6 Å².